The Labute approximate surface area is 68.5 Å². The van der Waals surface area contributed by atoms with Gasteiger partial charge in [0.05, 0.1) is 6.42 Å². The number of rotatable bonds is 3. The van der Waals surface area contributed by atoms with E-state index in [1.807, 2.05) is 0 Å². The van der Waals surface area contributed by atoms with Gasteiger partial charge in [-0.25, -0.2) is 0 Å². The maximum absolute atomic E-state index is 11.2. The Morgan fingerprint density at radius 3 is 3.09 bits per heavy atom. The fourth-order valence-corrected chi connectivity index (χ4v) is 1.51. The van der Waals surface area contributed by atoms with E-state index in [0.29, 0.717) is 18.1 Å². The molecular formula is C7H8N2OS. The van der Waals surface area contributed by atoms with Crippen molar-refractivity contribution in [1.29, 1.82) is 0 Å². The van der Waals surface area contributed by atoms with Crippen molar-refractivity contribution < 1.29 is 4.79 Å². The van der Waals surface area contributed by atoms with Crippen LogP contribution in [0.4, 0.5) is 0 Å². The number of nitrogens with zero attached hydrogens (tertiary/aromatic N) is 2. The molecule has 0 unspecified atom stereocenters. The van der Waals surface area contributed by atoms with Gasteiger partial charge in [0, 0.05) is 5.92 Å². The Kier molecular flexibility index (Phi) is 1.69. The highest BCUT2D eigenvalue weighted by molar-refractivity contribution is 7.09. The summed E-state index contributed by atoms with van der Waals surface area (Å²) < 4.78 is 0. The summed E-state index contributed by atoms with van der Waals surface area (Å²) in [5, 5.41) is 8.33. The van der Waals surface area contributed by atoms with E-state index in [-0.39, 0.29) is 0 Å². The predicted octanol–water partition coefficient (Wildman–Crippen LogP) is 1.06. The molecule has 0 atom stereocenters. The molecule has 1 aliphatic carbocycles. The molecule has 0 aliphatic heterocycles. The van der Waals surface area contributed by atoms with Gasteiger partial charge in [-0.15, -0.1) is 21.5 Å². The first-order chi connectivity index (χ1) is 5.36. The first kappa shape index (κ1) is 6.91. The fourth-order valence-electron chi connectivity index (χ4n) is 0.972. The number of aromatic nitrogens is 2. The monoisotopic (exact) mass is 168 g/mol. The second-order valence-corrected chi connectivity index (χ2v) is 3.67. The van der Waals surface area contributed by atoms with Crippen molar-refractivity contribution in [2.75, 3.05) is 0 Å². The van der Waals surface area contributed by atoms with E-state index in [1.54, 1.807) is 5.51 Å². The maximum atomic E-state index is 11.2. The molecular weight excluding hydrogens is 160 g/mol. The molecule has 0 saturated heterocycles. The average Bonchev–Trinajstić information content (AvgIpc) is 2.73. The molecule has 0 N–H and O–H groups in total. The third kappa shape index (κ3) is 1.63. The van der Waals surface area contributed by atoms with Crippen molar-refractivity contribution in [1.82, 2.24) is 10.2 Å². The van der Waals surface area contributed by atoms with Gasteiger partial charge in [0.2, 0.25) is 0 Å². The highest BCUT2D eigenvalue weighted by Gasteiger charge is 2.29. The third-order valence-electron chi connectivity index (χ3n) is 1.76. The van der Waals surface area contributed by atoms with Crippen molar-refractivity contribution in [3.8, 4) is 0 Å². The zero-order chi connectivity index (χ0) is 7.68. The molecule has 2 rings (SSSR count). The normalized spacial score (nSPS) is 16.7. The second kappa shape index (κ2) is 2.70. The molecule has 1 aromatic rings. The Hall–Kier alpha value is -0.770. The second-order valence-electron chi connectivity index (χ2n) is 2.75. The lowest BCUT2D eigenvalue weighted by Gasteiger charge is -1.90. The Bertz CT molecular complexity index is 253. The molecule has 1 saturated carbocycles. The molecule has 58 valence electrons. The highest BCUT2D eigenvalue weighted by Crippen LogP contribution is 2.30. The summed E-state index contributed by atoms with van der Waals surface area (Å²) in [6, 6.07) is 0. The van der Waals surface area contributed by atoms with Gasteiger partial charge >= 0.3 is 0 Å². The number of carbonyl (C=O) groups excluding carboxylic acids is 1. The lowest BCUT2D eigenvalue weighted by Crippen LogP contribution is -2.04. The van der Waals surface area contributed by atoms with Gasteiger partial charge in [-0.05, 0) is 12.8 Å². The first-order valence-electron chi connectivity index (χ1n) is 3.64. The maximum Gasteiger partial charge on any atom is 0.142 e. The summed E-state index contributed by atoms with van der Waals surface area (Å²) in [5.41, 5.74) is 1.66. The summed E-state index contributed by atoms with van der Waals surface area (Å²) in [7, 11) is 0. The van der Waals surface area contributed by atoms with Crippen LogP contribution in [-0.4, -0.2) is 16.0 Å². The van der Waals surface area contributed by atoms with E-state index >= 15 is 0 Å². The van der Waals surface area contributed by atoms with Crippen LogP contribution in [-0.2, 0) is 11.2 Å². The Morgan fingerprint density at radius 2 is 2.55 bits per heavy atom. The molecule has 0 radical (unpaired) electrons. The topological polar surface area (TPSA) is 42.9 Å². The van der Waals surface area contributed by atoms with Gasteiger partial charge in [-0.3, -0.25) is 4.79 Å². The summed E-state index contributed by atoms with van der Waals surface area (Å²) >= 11 is 1.45. The minimum absolute atomic E-state index is 0.335. The summed E-state index contributed by atoms with van der Waals surface area (Å²) in [4.78, 5) is 11.2. The standard InChI is InChI=1S/C7H8N2OS/c10-6(5-1-2-5)3-7-9-8-4-11-7/h4-5H,1-3H2. The molecule has 1 aliphatic rings. The van der Waals surface area contributed by atoms with Crippen LogP contribution < -0.4 is 0 Å². The quantitative estimate of drug-likeness (QED) is 0.677. The van der Waals surface area contributed by atoms with Crippen LogP contribution in [0.25, 0.3) is 0 Å². The summed E-state index contributed by atoms with van der Waals surface area (Å²) in [6.45, 7) is 0. The zero-order valence-electron chi connectivity index (χ0n) is 5.99. The van der Waals surface area contributed by atoms with Crippen LogP contribution in [0.15, 0.2) is 5.51 Å². The van der Waals surface area contributed by atoms with Crippen LogP contribution in [0.1, 0.15) is 17.8 Å². The first-order valence-corrected chi connectivity index (χ1v) is 4.52. The molecule has 3 nitrogen and oxygen atoms in total. The highest BCUT2D eigenvalue weighted by atomic mass is 32.1. The van der Waals surface area contributed by atoms with Crippen LogP contribution in [0.2, 0.25) is 0 Å². The van der Waals surface area contributed by atoms with Crippen molar-refractivity contribution in [2.24, 2.45) is 5.92 Å². The van der Waals surface area contributed by atoms with E-state index in [2.05, 4.69) is 10.2 Å². The number of Topliss-reactive ketones (excluding diaryl/α,β-unsaturated/α-hetero) is 1. The molecule has 1 fully saturated rings. The number of hydrogen-bond donors (Lipinski definition) is 0. The SMILES string of the molecule is O=C(Cc1nncs1)C1CC1. The van der Waals surface area contributed by atoms with Gasteiger partial charge in [0.1, 0.15) is 16.3 Å². The Morgan fingerprint density at radius 1 is 1.73 bits per heavy atom. The number of hydrogen-bond acceptors (Lipinski definition) is 4. The minimum atomic E-state index is 0.335. The van der Waals surface area contributed by atoms with Crippen molar-refractivity contribution >= 4 is 17.1 Å². The Balaban J connectivity index is 1.94. The van der Waals surface area contributed by atoms with E-state index < -0.39 is 0 Å². The van der Waals surface area contributed by atoms with E-state index in [4.69, 9.17) is 0 Å². The minimum Gasteiger partial charge on any atom is -0.299 e. The van der Waals surface area contributed by atoms with Crippen molar-refractivity contribution in [3.63, 3.8) is 0 Å². The molecule has 1 heterocycles. The molecule has 0 spiro atoms. The van der Waals surface area contributed by atoms with Gasteiger partial charge in [0.25, 0.3) is 0 Å². The van der Waals surface area contributed by atoms with Gasteiger partial charge < -0.3 is 0 Å². The van der Waals surface area contributed by atoms with Gasteiger partial charge in [0.15, 0.2) is 0 Å². The zero-order valence-corrected chi connectivity index (χ0v) is 6.80. The van der Waals surface area contributed by atoms with E-state index in [1.165, 1.54) is 11.3 Å². The third-order valence-corrected chi connectivity index (χ3v) is 2.46. The van der Waals surface area contributed by atoms with Crippen LogP contribution in [0.3, 0.4) is 0 Å². The molecule has 0 aromatic carbocycles. The molecule has 0 amide bonds. The molecule has 1 aromatic heterocycles. The van der Waals surface area contributed by atoms with Crippen molar-refractivity contribution in [3.05, 3.63) is 10.5 Å². The number of ketones is 1. The van der Waals surface area contributed by atoms with Crippen molar-refractivity contribution in [2.45, 2.75) is 19.3 Å². The predicted molar refractivity (Wildman–Crippen MR) is 41.3 cm³/mol. The summed E-state index contributed by atoms with van der Waals surface area (Å²) in [5.74, 6) is 0.681. The lowest BCUT2D eigenvalue weighted by molar-refractivity contribution is -0.119. The van der Waals surface area contributed by atoms with E-state index in [9.17, 15) is 4.79 Å². The van der Waals surface area contributed by atoms with Crippen LogP contribution >= 0.6 is 11.3 Å². The smallest absolute Gasteiger partial charge is 0.142 e. The van der Waals surface area contributed by atoms with Crippen LogP contribution in [0.5, 0.6) is 0 Å². The van der Waals surface area contributed by atoms with Gasteiger partial charge in [-0.1, -0.05) is 0 Å². The van der Waals surface area contributed by atoms with Gasteiger partial charge in [-0.2, -0.15) is 0 Å². The lowest BCUT2D eigenvalue weighted by atomic mass is 10.2. The average molecular weight is 168 g/mol. The molecule has 4 heteroatoms. The number of carbonyl (C=O) groups is 1. The van der Waals surface area contributed by atoms with E-state index in [0.717, 1.165) is 17.8 Å². The fraction of sp³-hybridized carbons (Fsp3) is 0.571. The summed E-state index contributed by atoms with van der Waals surface area (Å²) in [6.07, 6.45) is 2.66. The largest absolute Gasteiger partial charge is 0.299 e. The molecule has 11 heavy (non-hydrogen) atoms. The molecule has 0 bridgehead atoms. The van der Waals surface area contributed by atoms with Crippen LogP contribution in [0, 0.1) is 5.92 Å².